The Bertz CT molecular complexity index is 546. The number of hydrogen-bond donors (Lipinski definition) is 1. The van der Waals surface area contributed by atoms with E-state index in [1.54, 1.807) is 0 Å². The van der Waals surface area contributed by atoms with Gasteiger partial charge in [0.1, 0.15) is 0 Å². The molecule has 1 amide bonds. The first-order chi connectivity index (χ1) is 8.65. The molecule has 0 aliphatic heterocycles. The fourth-order valence-corrected chi connectivity index (χ4v) is 1.91. The van der Waals surface area contributed by atoms with Gasteiger partial charge in [0.25, 0.3) is 0 Å². The lowest BCUT2D eigenvalue weighted by Gasteiger charge is -2.07. The van der Waals surface area contributed by atoms with Gasteiger partial charge < -0.3 is 5.32 Å². The minimum absolute atomic E-state index is 0.0963. The molecule has 2 aromatic rings. The summed E-state index contributed by atoms with van der Waals surface area (Å²) in [5.74, 6) is 0.659. The summed E-state index contributed by atoms with van der Waals surface area (Å²) in [6, 6.07) is 14.2. The monoisotopic (exact) mass is 241 g/mol. The zero-order chi connectivity index (χ0) is 13.0. The number of carbonyl (C=O) groups excluding carboxylic acids is 1. The summed E-state index contributed by atoms with van der Waals surface area (Å²) >= 11 is 0. The van der Waals surface area contributed by atoms with E-state index in [9.17, 15) is 4.79 Å². The van der Waals surface area contributed by atoms with Gasteiger partial charge in [-0.25, -0.2) is 0 Å². The molecule has 2 aromatic carbocycles. The van der Waals surface area contributed by atoms with Crippen LogP contribution in [0.4, 0.5) is 5.69 Å². The summed E-state index contributed by atoms with van der Waals surface area (Å²) in [5, 5.41) is 5.29. The van der Waals surface area contributed by atoms with Crippen molar-refractivity contribution in [3.05, 3.63) is 42.5 Å². The van der Waals surface area contributed by atoms with Crippen LogP contribution in [0.1, 0.15) is 26.7 Å². The van der Waals surface area contributed by atoms with E-state index in [1.807, 2.05) is 30.3 Å². The molecule has 0 aliphatic carbocycles. The largest absolute Gasteiger partial charge is 0.326 e. The first-order valence-electron chi connectivity index (χ1n) is 6.44. The van der Waals surface area contributed by atoms with Gasteiger partial charge in [0.05, 0.1) is 0 Å². The molecule has 0 saturated heterocycles. The highest BCUT2D eigenvalue weighted by molar-refractivity contribution is 5.94. The van der Waals surface area contributed by atoms with Crippen molar-refractivity contribution in [2.75, 3.05) is 5.32 Å². The molecular formula is C16H19NO. The third-order valence-electron chi connectivity index (χ3n) is 2.98. The average molecular weight is 241 g/mol. The normalized spacial score (nSPS) is 10.8. The van der Waals surface area contributed by atoms with E-state index in [2.05, 4.69) is 31.3 Å². The van der Waals surface area contributed by atoms with E-state index < -0.39 is 0 Å². The van der Waals surface area contributed by atoms with Crippen LogP contribution in [0.2, 0.25) is 0 Å². The smallest absolute Gasteiger partial charge is 0.224 e. The first-order valence-corrected chi connectivity index (χ1v) is 6.44. The number of hydrogen-bond acceptors (Lipinski definition) is 1. The molecule has 94 valence electrons. The van der Waals surface area contributed by atoms with Crippen molar-refractivity contribution in [2.24, 2.45) is 5.92 Å². The van der Waals surface area contributed by atoms with Crippen molar-refractivity contribution in [1.82, 2.24) is 0 Å². The second-order valence-electron chi connectivity index (χ2n) is 5.04. The minimum Gasteiger partial charge on any atom is -0.326 e. The SMILES string of the molecule is CC(C)CCC(=O)Nc1ccc2ccccc2c1. The van der Waals surface area contributed by atoms with Gasteiger partial charge in [-0.2, -0.15) is 0 Å². The van der Waals surface area contributed by atoms with Crippen molar-refractivity contribution < 1.29 is 4.79 Å². The standard InChI is InChI=1S/C16H19NO/c1-12(2)7-10-16(18)17-15-9-8-13-5-3-4-6-14(13)11-15/h3-6,8-9,11-12H,7,10H2,1-2H3,(H,17,18). The molecule has 0 atom stereocenters. The summed E-state index contributed by atoms with van der Waals surface area (Å²) in [6.45, 7) is 4.26. The molecule has 0 fully saturated rings. The Kier molecular flexibility index (Phi) is 3.98. The lowest BCUT2D eigenvalue weighted by Crippen LogP contribution is -2.12. The maximum absolute atomic E-state index is 11.7. The highest BCUT2D eigenvalue weighted by atomic mass is 16.1. The maximum atomic E-state index is 11.7. The van der Waals surface area contributed by atoms with Crippen LogP contribution in [0.3, 0.4) is 0 Å². The van der Waals surface area contributed by atoms with Crippen LogP contribution in [0.25, 0.3) is 10.8 Å². The Morgan fingerprint density at radius 3 is 2.56 bits per heavy atom. The van der Waals surface area contributed by atoms with Gasteiger partial charge in [0.2, 0.25) is 5.91 Å². The lowest BCUT2D eigenvalue weighted by atomic mass is 10.1. The number of anilines is 1. The zero-order valence-corrected chi connectivity index (χ0v) is 10.9. The number of benzene rings is 2. The molecule has 0 saturated carbocycles. The predicted molar refractivity (Wildman–Crippen MR) is 76.6 cm³/mol. The molecule has 0 bridgehead atoms. The summed E-state index contributed by atoms with van der Waals surface area (Å²) in [4.78, 5) is 11.7. The molecular weight excluding hydrogens is 222 g/mol. The first kappa shape index (κ1) is 12.6. The lowest BCUT2D eigenvalue weighted by molar-refractivity contribution is -0.116. The van der Waals surface area contributed by atoms with Gasteiger partial charge in [0.15, 0.2) is 0 Å². The Hall–Kier alpha value is -1.83. The summed E-state index contributed by atoms with van der Waals surface area (Å²) in [7, 11) is 0. The molecule has 0 aliphatic rings. The van der Waals surface area contributed by atoms with Crippen LogP contribution in [0.15, 0.2) is 42.5 Å². The Morgan fingerprint density at radius 2 is 1.83 bits per heavy atom. The van der Waals surface area contributed by atoms with Crippen LogP contribution >= 0.6 is 0 Å². The topological polar surface area (TPSA) is 29.1 Å². The van der Waals surface area contributed by atoms with E-state index >= 15 is 0 Å². The van der Waals surface area contributed by atoms with Gasteiger partial charge in [-0.15, -0.1) is 0 Å². The highest BCUT2D eigenvalue weighted by Crippen LogP contribution is 2.19. The molecule has 0 unspecified atom stereocenters. The summed E-state index contributed by atoms with van der Waals surface area (Å²) in [5.41, 5.74) is 0.877. The minimum atomic E-state index is 0.0963. The van der Waals surface area contributed by atoms with E-state index in [0.29, 0.717) is 12.3 Å². The number of carbonyl (C=O) groups is 1. The number of nitrogens with one attached hydrogen (secondary N) is 1. The van der Waals surface area contributed by atoms with Crippen LogP contribution in [0, 0.1) is 5.92 Å². The van der Waals surface area contributed by atoms with Crippen molar-refractivity contribution in [3.8, 4) is 0 Å². The van der Waals surface area contributed by atoms with Gasteiger partial charge >= 0.3 is 0 Å². The molecule has 0 radical (unpaired) electrons. The van der Waals surface area contributed by atoms with Crippen molar-refractivity contribution in [2.45, 2.75) is 26.7 Å². The average Bonchev–Trinajstić information content (AvgIpc) is 2.36. The third kappa shape index (κ3) is 3.33. The number of fused-ring (bicyclic) bond motifs is 1. The molecule has 0 spiro atoms. The van der Waals surface area contributed by atoms with Gasteiger partial charge in [-0.1, -0.05) is 44.2 Å². The number of amides is 1. The second kappa shape index (κ2) is 5.67. The third-order valence-corrected chi connectivity index (χ3v) is 2.98. The highest BCUT2D eigenvalue weighted by Gasteiger charge is 2.04. The molecule has 2 nitrogen and oxygen atoms in total. The van der Waals surface area contributed by atoms with Crippen LogP contribution in [-0.4, -0.2) is 5.91 Å². The molecule has 2 heteroatoms. The molecule has 0 heterocycles. The molecule has 2 rings (SSSR count). The fourth-order valence-electron chi connectivity index (χ4n) is 1.91. The summed E-state index contributed by atoms with van der Waals surface area (Å²) < 4.78 is 0. The Balaban J connectivity index is 2.05. The number of rotatable bonds is 4. The predicted octanol–water partition coefficient (Wildman–Crippen LogP) is 4.21. The van der Waals surface area contributed by atoms with Crippen molar-refractivity contribution in [3.63, 3.8) is 0 Å². The molecule has 1 N–H and O–H groups in total. The van der Waals surface area contributed by atoms with Crippen molar-refractivity contribution in [1.29, 1.82) is 0 Å². The zero-order valence-electron chi connectivity index (χ0n) is 10.9. The van der Waals surface area contributed by atoms with E-state index in [1.165, 1.54) is 5.39 Å². The van der Waals surface area contributed by atoms with E-state index in [4.69, 9.17) is 0 Å². The van der Waals surface area contributed by atoms with Gasteiger partial charge in [0, 0.05) is 12.1 Å². The van der Waals surface area contributed by atoms with Gasteiger partial charge in [-0.3, -0.25) is 4.79 Å². The van der Waals surface area contributed by atoms with Crippen LogP contribution < -0.4 is 5.32 Å². The maximum Gasteiger partial charge on any atom is 0.224 e. The van der Waals surface area contributed by atoms with Gasteiger partial charge in [-0.05, 0) is 35.2 Å². The summed E-state index contributed by atoms with van der Waals surface area (Å²) in [6.07, 6.45) is 1.52. The fraction of sp³-hybridized carbons (Fsp3) is 0.312. The van der Waals surface area contributed by atoms with Crippen LogP contribution in [0.5, 0.6) is 0 Å². The second-order valence-corrected chi connectivity index (χ2v) is 5.04. The molecule has 18 heavy (non-hydrogen) atoms. The van der Waals surface area contributed by atoms with Crippen molar-refractivity contribution >= 4 is 22.4 Å². The van der Waals surface area contributed by atoms with Crippen LogP contribution in [-0.2, 0) is 4.79 Å². The van der Waals surface area contributed by atoms with E-state index in [0.717, 1.165) is 17.5 Å². The Morgan fingerprint density at radius 1 is 1.11 bits per heavy atom. The molecule has 0 aromatic heterocycles. The van der Waals surface area contributed by atoms with E-state index in [-0.39, 0.29) is 5.91 Å². The Labute approximate surface area is 108 Å². The quantitative estimate of drug-likeness (QED) is 0.853.